The summed E-state index contributed by atoms with van der Waals surface area (Å²) < 4.78 is 0. The first-order valence-corrected chi connectivity index (χ1v) is 3.90. The maximum absolute atomic E-state index is 10.9. The van der Waals surface area contributed by atoms with E-state index in [9.17, 15) is 9.59 Å². The van der Waals surface area contributed by atoms with Gasteiger partial charge in [0.15, 0.2) is 0 Å². The number of rotatable bonds is 1. The number of nitrogens with zero attached hydrogens (tertiary/aromatic N) is 1. The van der Waals surface area contributed by atoms with Crippen LogP contribution in [0.25, 0.3) is 11.0 Å². The number of aromatic carboxylic acids is 1. The summed E-state index contributed by atoms with van der Waals surface area (Å²) in [5.41, 5.74) is 0.357. The number of carbonyl (C=O) groups is 1. The van der Waals surface area contributed by atoms with Crippen molar-refractivity contribution in [3.63, 3.8) is 0 Å². The van der Waals surface area contributed by atoms with E-state index in [0.29, 0.717) is 5.52 Å². The fourth-order valence-corrected chi connectivity index (χ4v) is 1.24. The first-order valence-electron chi connectivity index (χ1n) is 3.90. The van der Waals surface area contributed by atoms with Crippen LogP contribution in [0.4, 0.5) is 0 Å². The third-order valence-corrected chi connectivity index (χ3v) is 1.84. The summed E-state index contributed by atoms with van der Waals surface area (Å²) in [6, 6.07) is 4.64. The van der Waals surface area contributed by atoms with E-state index in [4.69, 9.17) is 5.11 Å². The van der Waals surface area contributed by atoms with Gasteiger partial charge in [0.25, 0.3) is 5.56 Å². The lowest BCUT2D eigenvalue weighted by atomic mass is 10.2. The van der Waals surface area contributed by atoms with Gasteiger partial charge in [-0.3, -0.25) is 4.79 Å². The fraction of sp³-hybridized carbons (Fsp3) is 0. The zero-order valence-electron chi connectivity index (χ0n) is 7.02. The molecule has 0 unspecified atom stereocenters. The van der Waals surface area contributed by atoms with Crippen LogP contribution in [0.5, 0.6) is 0 Å². The number of hydrogen-bond donors (Lipinski definition) is 2. The van der Waals surface area contributed by atoms with Gasteiger partial charge in [0.1, 0.15) is 0 Å². The smallest absolute Gasteiger partial charge is 0.337 e. The van der Waals surface area contributed by atoms with Crippen LogP contribution in [0.1, 0.15) is 10.4 Å². The molecule has 70 valence electrons. The molecule has 0 fully saturated rings. The molecule has 1 aromatic carbocycles. The van der Waals surface area contributed by atoms with Crippen LogP contribution in [0.3, 0.4) is 0 Å². The molecule has 1 aromatic heterocycles. The summed E-state index contributed by atoms with van der Waals surface area (Å²) in [5, 5.41) is 8.82. The van der Waals surface area contributed by atoms with Crippen molar-refractivity contribution in [2.24, 2.45) is 0 Å². The quantitative estimate of drug-likeness (QED) is 0.690. The second-order valence-corrected chi connectivity index (χ2v) is 2.75. The van der Waals surface area contributed by atoms with Gasteiger partial charge in [0, 0.05) is 0 Å². The molecule has 0 aliphatic heterocycles. The predicted molar refractivity (Wildman–Crippen MR) is 49.3 cm³/mol. The Balaban J connectivity index is 2.91. The molecule has 1 heterocycles. The van der Waals surface area contributed by atoms with Gasteiger partial charge in [-0.15, -0.1) is 0 Å². The number of fused-ring (bicyclic) bond motifs is 1. The van der Waals surface area contributed by atoms with E-state index in [1.165, 1.54) is 6.07 Å². The Morgan fingerprint density at radius 3 is 2.93 bits per heavy atom. The van der Waals surface area contributed by atoms with E-state index in [1.54, 1.807) is 12.1 Å². The number of para-hydroxylation sites is 1. The van der Waals surface area contributed by atoms with Crippen molar-refractivity contribution in [1.29, 1.82) is 0 Å². The monoisotopic (exact) mass is 190 g/mol. The summed E-state index contributed by atoms with van der Waals surface area (Å²) in [7, 11) is 0. The van der Waals surface area contributed by atoms with E-state index in [0.717, 1.165) is 6.20 Å². The number of carboxylic acids is 1. The third-order valence-electron chi connectivity index (χ3n) is 1.84. The molecule has 0 saturated heterocycles. The highest BCUT2D eigenvalue weighted by molar-refractivity contribution is 6.00. The molecule has 0 amide bonds. The van der Waals surface area contributed by atoms with Crippen molar-refractivity contribution in [1.82, 2.24) is 9.97 Å². The minimum atomic E-state index is -1.08. The largest absolute Gasteiger partial charge is 0.478 e. The Morgan fingerprint density at radius 2 is 2.21 bits per heavy atom. The minimum absolute atomic E-state index is 0.0488. The fourth-order valence-electron chi connectivity index (χ4n) is 1.24. The van der Waals surface area contributed by atoms with E-state index < -0.39 is 11.5 Å². The van der Waals surface area contributed by atoms with Gasteiger partial charge in [-0.05, 0) is 12.1 Å². The number of hydrogen-bond acceptors (Lipinski definition) is 3. The summed E-state index contributed by atoms with van der Waals surface area (Å²) in [6.07, 6.45) is 1.12. The van der Waals surface area contributed by atoms with Crippen molar-refractivity contribution >= 4 is 17.0 Å². The molecular formula is C9H6N2O3. The van der Waals surface area contributed by atoms with Gasteiger partial charge in [-0.25, -0.2) is 9.78 Å². The number of nitrogens with one attached hydrogen (secondary N) is 1. The van der Waals surface area contributed by atoms with Crippen molar-refractivity contribution in [2.75, 3.05) is 0 Å². The lowest BCUT2D eigenvalue weighted by Crippen LogP contribution is -2.08. The third kappa shape index (κ3) is 1.24. The first kappa shape index (κ1) is 8.43. The van der Waals surface area contributed by atoms with Gasteiger partial charge in [-0.2, -0.15) is 0 Å². The molecule has 0 aliphatic rings. The summed E-state index contributed by atoms with van der Waals surface area (Å²) in [5.74, 6) is -1.08. The highest BCUT2D eigenvalue weighted by atomic mass is 16.4. The number of aromatic amines is 1. The zero-order valence-corrected chi connectivity index (χ0v) is 7.02. The zero-order chi connectivity index (χ0) is 10.1. The Kier molecular flexibility index (Phi) is 1.78. The summed E-state index contributed by atoms with van der Waals surface area (Å²) in [4.78, 5) is 28.0. The van der Waals surface area contributed by atoms with Crippen molar-refractivity contribution in [3.8, 4) is 0 Å². The molecule has 0 atom stereocenters. The lowest BCUT2D eigenvalue weighted by Gasteiger charge is -1.99. The second kappa shape index (κ2) is 2.95. The Labute approximate surface area is 78.0 Å². The Morgan fingerprint density at radius 1 is 1.43 bits per heavy atom. The Bertz CT molecular complexity index is 559. The molecule has 2 N–H and O–H groups in total. The van der Waals surface area contributed by atoms with E-state index in [-0.39, 0.29) is 11.1 Å². The van der Waals surface area contributed by atoms with Crippen LogP contribution in [0.15, 0.2) is 29.2 Å². The van der Waals surface area contributed by atoms with Crippen molar-refractivity contribution < 1.29 is 9.90 Å². The molecule has 0 saturated carbocycles. The topological polar surface area (TPSA) is 83.0 Å². The van der Waals surface area contributed by atoms with Crippen molar-refractivity contribution in [2.45, 2.75) is 0 Å². The van der Waals surface area contributed by atoms with Gasteiger partial charge >= 0.3 is 5.97 Å². The molecule has 14 heavy (non-hydrogen) atoms. The lowest BCUT2D eigenvalue weighted by molar-refractivity contribution is 0.0699. The van der Waals surface area contributed by atoms with Crippen LogP contribution < -0.4 is 5.56 Å². The van der Waals surface area contributed by atoms with Gasteiger partial charge < -0.3 is 10.1 Å². The van der Waals surface area contributed by atoms with Crippen LogP contribution in [0.2, 0.25) is 0 Å². The van der Waals surface area contributed by atoms with Crippen LogP contribution in [0, 0.1) is 0 Å². The average molecular weight is 190 g/mol. The SMILES string of the molecule is O=C(O)c1cccc2ncc(=O)[nH]c12. The number of aromatic nitrogens is 2. The van der Waals surface area contributed by atoms with Gasteiger partial charge in [-0.1, -0.05) is 6.07 Å². The highest BCUT2D eigenvalue weighted by Gasteiger charge is 2.08. The standard InChI is InChI=1S/C9H6N2O3/c12-7-4-10-6-3-1-2-5(9(13)14)8(6)11-7/h1-4H,(H,11,12)(H,13,14). The second-order valence-electron chi connectivity index (χ2n) is 2.75. The molecular weight excluding hydrogens is 184 g/mol. The highest BCUT2D eigenvalue weighted by Crippen LogP contribution is 2.11. The summed E-state index contributed by atoms with van der Waals surface area (Å²) >= 11 is 0. The number of benzene rings is 1. The van der Waals surface area contributed by atoms with E-state index in [2.05, 4.69) is 9.97 Å². The van der Waals surface area contributed by atoms with Crippen LogP contribution in [-0.2, 0) is 0 Å². The molecule has 5 heteroatoms. The van der Waals surface area contributed by atoms with E-state index in [1.807, 2.05) is 0 Å². The normalized spacial score (nSPS) is 10.3. The number of H-pyrrole nitrogens is 1. The predicted octanol–water partition coefficient (Wildman–Crippen LogP) is 0.621. The molecule has 0 bridgehead atoms. The van der Waals surface area contributed by atoms with Crippen LogP contribution in [-0.4, -0.2) is 21.0 Å². The molecule has 5 nitrogen and oxygen atoms in total. The average Bonchev–Trinajstić information content (AvgIpc) is 2.16. The Hall–Kier alpha value is -2.17. The number of carboxylic acid groups (broad SMARTS) is 1. The maximum atomic E-state index is 10.9. The van der Waals surface area contributed by atoms with E-state index >= 15 is 0 Å². The minimum Gasteiger partial charge on any atom is -0.478 e. The molecule has 2 aromatic rings. The molecule has 0 aliphatic carbocycles. The molecule has 2 rings (SSSR count). The maximum Gasteiger partial charge on any atom is 0.337 e. The molecule has 0 radical (unpaired) electrons. The molecule has 0 spiro atoms. The first-order chi connectivity index (χ1) is 6.68. The van der Waals surface area contributed by atoms with Crippen molar-refractivity contribution in [3.05, 3.63) is 40.3 Å². The van der Waals surface area contributed by atoms with Crippen LogP contribution >= 0.6 is 0 Å². The summed E-state index contributed by atoms with van der Waals surface area (Å²) in [6.45, 7) is 0. The van der Waals surface area contributed by atoms with Gasteiger partial charge in [0.05, 0.1) is 22.8 Å². The van der Waals surface area contributed by atoms with Gasteiger partial charge in [0.2, 0.25) is 0 Å².